The zero-order valence-corrected chi connectivity index (χ0v) is 12.8. The number of amides is 2. The van der Waals surface area contributed by atoms with Gasteiger partial charge < -0.3 is 15.5 Å². The fraction of sp³-hybridized carbons (Fsp3) is 0.294. The molecule has 0 bridgehead atoms. The Kier molecular flexibility index (Phi) is 5.51. The van der Waals surface area contributed by atoms with Crippen molar-refractivity contribution >= 4 is 11.8 Å². The molecule has 2 rings (SSSR count). The summed E-state index contributed by atoms with van der Waals surface area (Å²) in [6.07, 6.45) is 1.02. The third kappa shape index (κ3) is 4.67. The smallest absolute Gasteiger partial charge is 0.287 e. The van der Waals surface area contributed by atoms with Gasteiger partial charge in [0.25, 0.3) is 5.91 Å². The van der Waals surface area contributed by atoms with Gasteiger partial charge in [0.1, 0.15) is 11.6 Å². The lowest BCUT2D eigenvalue weighted by atomic mass is 9.98. The highest BCUT2D eigenvalue weighted by atomic mass is 19.1. The van der Waals surface area contributed by atoms with Gasteiger partial charge in [-0.15, -0.1) is 0 Å². The van der Waals surface area contributed by atoms with Gasteiger partial charge in [-0.3, -0.25) is 9.59 Å². The summed E-state index contributed by atoms with van der Waals surface area (Å²) in [5.41, 5.74) is 6.15. The molecule has 0 saturated carbocycles. The van der Waals surface area contributed by atoms with E-state index >= 15 is 0 Å². The quantitative estimate of drug-likeness (QED) is 0.819. The summed E-state index contributed by atoms with van der Waals surface area (Å²) in [5, 5.41) is 2.64. The highest BCUT2D eigenvalue weighted by Crippen LogP contribution is 2.11. The second-order valence-electron chi connectivity index (χ2n) is 5.26. The molecule has 0 saturated heterocycles. The van der Waals surface area contributed by atoms with E-state index in [0.29, 0.717) is 18.6 Å². The second kappa shape index (κ2) is 7.58. The first-order chi connectivity index (χ1) is 11.0. The number of rotatable bonds is 7. The molecule has 1 atom stereocenters. The van der Waals surface area contributed by atoms with Crippen molar-refractivity contribution in [3.05, 3.63) is 59.3 Å². The zero-order chi connectivity index (χ0) is 16.8. The van der Waals surface area contributed by atoms with Gasteiger partial charge in [-0.1, -0.05) is 19.1 Å². The maximum atomic E-state index is 12.9. The number of nitrogens with one attached hydrogen (secondary N) is 1. The van der Waals surface area contributed by atoms with Crippen LogP contribution in [-0.2, 0) is 17.6 Å². The largest absolute Gasteiger partial charge is 0.456 e. The van der Waals surface area contributed by atoms with Crippen LogP contribution in [0.5, 0.6) is 0 Å². The molecule has 2 amide bonds. The van der Waals surface area contributed by atoms with E-state index in [4.69, 9.17) is 10.2 Å². The lowest BCUT2D eigenvalue weighted by Crippen LogP contribution is -2.37. The number of furan rings is 1. The molecule has 0 spiro atoms. The molecule has 1 aromatic carbocycles. The third-order valence-electron chi connectivity index (χ3n) is 3.54. The highest BCUT2D eigenvalue weighted by Gasteiger charge is 2.19. The van der Waals surface area contributed by atoms with Crippen LogP contribution in [0.4, 0.5) is 4.39 Å². The molecule has 0 aliphatic heterocycles. The molecule has 1 unspecified atom stereocenters. The van der Waals surface area contributed by atoms with Gasteiger partial charge in [0.15, 0.2) is 5.76 Å². The Labute approximate surface area is 133 Å². The Hall–Kier alpha value is -2.63. The first-order valence-corrected chi connectivity index (χ1v) is 7.40. The van der Waals surface area contributed by atoms with E-state index in [0.717, 1.165) is 5.56 Å². The van der Waals surface area contributed by atoms with Crippen molar-refractivity contribution in [3.63, 3.8) is 0 Å². The van der Waals surface area contributed by atoms with E-state index in [-0.39, 0.29) is 18.1 Å². The number of aryl methyl sites for hydroxylation is 1. The summed E-state index contributed by atoms with van der Waals surface area (Å²) in [4.78, 5) is 23.5. The third-order valence-corrected chi connectivity index (χ3v) is 3.54. The average Bonchev–Trinajstić information content (AvgIpc) is 3.01. The predicted molar refractivity (Wildman–Crippen MR) is 83.2 cm³/mol. The molecule has 6 heteroatoms. The molecular formula is C17H19FN2O3. The van der Waals surface area contributed by atoms with E-state index in [1.54, 1.807) is 24.3 Å². The van der Waals surface area contributed by atoms with Crippen molar-refractivity contribution in [1.29, 1.82) is 0 Å². The van der Waals surface area contributed by atoms with Crippen LogP contribution in [0.3, 0.4) is 0 Å². The second-order valence-corrected chi connectivity index (χ2v) is 5.26. The molecule has 5 nitrogen and oxygen atoms in total. The van der Waals surface area contributed by atoms with Crippen molar-refractivity contribution in [2.24, 2.45) is 11.7 Å². The lowest BCUT2D eigenvalue weighted by molar-refractivity contribution is -0.121. The summed E-state index contributed by atoms with van der Waals surface area (Å²) in [7, 11) is 0. The number of hydrogen-bond donors (Lipinski definition) is 2. The van der Waals surface area contributed by atoms with Gasteiger partial charge in [-0.2, -0.15) is 0 Å². The van der Waals surface area contributed by atoms with Crippen molar-refractivity contribution in [1.82, 2.24) is 5.32 Å². The minimum atomic E-state index is -0.579. The van der Waals surface area contributed by atoms with E-state index in [9.17, 15) is 14.0 Å². The molecule has 0 aliphatic rings. The Balaban J connectivity index is 1.95. The van der Waals surface area contributed by atoms with Gasteiger partial charge in [-0.25, -0.2) is 4.39 Å². The van der Waals surface area contributed by atoms with E-state index < -0.39 is 17.7 Å². The standard InChI is InChI=1S/C17H19FN2O3/c1-2-14-7-8-15(23-14)17(22)20-10-12(16(19)21)9-11-3-5-13(18)6-4-11/h3-8,12H,2,9-10H2,1H3,(H2,19,21)(H,20,22). The topological polar surface area (TPSA) is 85.3 Å². The molecule has 23 heavy (non-hydrogen) atoms. The van der Waals surface area contributed by atoms with Crippen molar-refractivity contribution in [2.45, 2.75) is 19.8 Å². The molecule has 3 N–H and O–H groups in total. The fourth-order valence-electron chi connectivity index (χ4n) is 2.17. The molecular weight excluding hydrogens is 299 g/mol. The molecule has 1 heterocycles. The lowest BCUT2D eigenvalue weighted by Gasteiger charge is -2.14. The van der Waals surface area contributed by atoms with Crippen LogP contribution in [0.2, 0.25) is 0 Å². The molecule has 1 aromatic heterocycles. The van der Waals surface area contributed by atoms with Gasteiger partial charge in [0.2, 0.25) is 5.91 Å². The van der Waals surface area contributed by atoms with Crippen molar-refractivity contribution in [3.8, 4) is 0 Å². The summed E-state index contributed by atoms with van der Waals surface area (Å²) in [6, 6.07) is 9.15. The van der Waals surface area contributed by atoms with E-state index in [1.807, 2.05) is 6.92 Å². The first kappa shape index (κ1) is 16.7. The maximum absolute atomic E-state index is 12.9. The monoisotopic (exact) mass is 318 g/mol. The molecule has 0 radical (unpaired) electrons. The average molecular weight is 318 g/mol. The summed E-state index contributed by atoms with van der Waals surface area (Å²) < 4.78 is 18.2. The van der Waals surface area contributed by atoms with Crippen LogP contribution in [-0.4, -0.2) is 18.4 Å². The zero-order valence-electron chi connectivity index (χ0n) is 12.8. The normalized spacial score (nSPS) is 11.9. The van der Waals surface area contributed by atoms with Crippen LogP contribution >= 0.6 is 0 Å². The number of halogens is 1. The summed E-state index contributed by atoms with van der Waals surface area (Å²) in [6.45, 7) is 2.01. The minimum absolute atomic E-state index is 0.0910. The number of carbonyl (C=O) groups excluding carboxylic acids is 2. The first-order valence-electron chi connectivity index (χ1n) is 7.40. The van der Waals surface area contributed by atoms with E-state index in [2.05, 4.69) is 5.32 Å². The highest BCUT2D eigenvalue weighted by molar-refractivity contribution is 5.91. The van der Waals surface area contributed by atoms with Crippen LogP contribution < -0.4 is 11.1 Å². The van der Waals surface area contributed by atoms with Crippen molar-refractivity contribution in [2.75, 3.05) is 6.54 Å². The Morgan fingerprint density at radius 1 is 1.22 bits per heavy atom. The van der Waals surface area contributed by atoms with Crippen molar-refractivity contribution < 1.29 is 18.4 Å². The van der Waals surface area contributed by atoms with Crippen LogP contribution in [0, 0.1) is 11.7 Å². The number of benzene rings is 1. The Morgan fingerprint density at radius 2 is 1.91 bits per heavy atom. The molecule has 122 valence electrons. The van der Waals surface area contributed by atoms with Gasteiger partial charge in [-0.05, 0) is 36.2 Å². The minimum Gasteiger partial charge on any atom is -0.456 e. The number of nitrogens with two attached hydrogens (primary N) is 1. The predicted octanol–water partition coefficient (Wildman–Crippen LogP) is 2.06. The molecule has 0 aliphatic carbocycles. The van der Waals surface area contributed by atoms with Gasteiger partial charge >= 0.3 is 0 Å². The number of primary amides is 1. The van der Waals surface area contributed by atoms with E-state index in [1.165, 1.54) is 12.1 Å². The van der Waals surface area contributed by atoms with Gasteiger partial charge in [0.05, 0.1) is 5.92 Å². The summed E-state index contributed by atoms with van der Waals surface area (Å²) >= 11 is 0. The Bertz CT molecular complexity index is 679. The van der Waals surface area contributed by atoms with Crippen LogP contribution in [0.15, 0.2) is 40.8 Å². The molecule has 2 aromatic rings. The summed E-state index contributed by atoms with van der Waals surface area (Å²) in [5.74, 6) is -0.926. The SMILES string of the molecule is CCc1ccc(C(=O)NCC(Cc2ccc(F)cc2)C(N)=O)o1. The van der Waals surface area contributed by atoms with Gasteiger partial charge in [0, 0.05) is 13.0 Å². The maximum Gasteiger partial charge on any atom is 0.287 e. The van der Waals surface area contributed by atoms with Crippen LogP contribution in [0.1, 0.15) is 28.8 Å². The molecule has 0 fully saturated rings. The Morgan fingerprint density at radius 3 is 2.48 bits per heavy atom. The fourth-order valence-corrected chi connectivity index (χ4v) is 2.17. The van der Waals surface area contributed by atoms with Crippen LogP contribution in [0.25, 0.3) is 0 Å². The number of carbonyl (C=O) groups is 2. The number of hydrogen-bond acceptors (Lipinski definition) is 3.